The van der Waals surface area contributed by atoms with E-state index in [0.29, 0.717) is 12.1 Å². The molecule has 0 aliphatic heterocycles. The molecule has 0 spiro atoms. The van der Waals surface area contributed by atoms with E-state index in [1.54, 1.807) is 14.1 Å². The van der Waals surface area contributed by atoms with Crippen LogP contribution in [-0.2, 0) is 4.79 Å². The number of hydrogen-bond donors (Lipinski definition) is 1. The first-order valence-corrected chi connectivity index (χ1v) is 8.64. The van der Waals surface area contributed by atoms with Crippen molar-refractivity contribution in [2.24, 2.45) is 0 Å². The molecule has 4 nitrogen and oxygen atoms in total. The Labute approximate surface area is 137 Å². The summed E-state index contributed by atoms with van der Waals surface area (Å²) in [4.78, 5) is 26.1. The normalized spacial score (nSPS) is 10.3. The third-order valence-corrected chi connectivity index (χ3v) is 4.35. The topological polar surface area (TPSA) is 49.4 Å². The van der Waals surface area contributed by atoms with E-state index >= 15 is 0 Å². The van der Waals surface area contributed by atoms with Crippen LogP contribution >= 0.6 is 11.8 Å². The molecule has 5 heteroatoms. The molecule has 0 fully saturated rings. The van der Waals surface area contributed by atoms with Gasteiger partial charge < -0.3 is 10.2 Å². The van der Waals surface area contributed by atoms with Crippen LogP contribution in [0.5, 0.6) is 0 Å². The van der Waals surface area contributed by atoms with E-state index in [0.717, 1.165) is 29.5 Å². The second-order valence-corrected chi connectivity index (χ2v) is 6.46. The van der Waals surface area contributed by atoms with Crippen molar-refractivity contribution in [3.63, 3.8) is 0 Å². The van der Waals surface area contributed by atoms with Gasteiger partial charge in [0, 0.05) is 25.4 Å². The fourth-order valence-electron chi connectivity index (χ4n) is 1.95. The molecule has 0 heterocycles. The Kier molecular flexibility index (Phi) is 8.67. The molecular formula is C17H26N2O2S. The molecule has 22 heavy (non-hydrogen) atoms. The van der Waals surface area contributed by atoms with Crippen LogP contribution in [0.15, 0.2) is 29.2 Å². The number of carbonyl (C=O) groups excluding carboxylic acids is 2. The summed E-state index contributed by atoms with van der Waals surface area (Å²) < 4.78 is 0. The van der Waals surface area contributed by atoms with Crippen molar-refractivity contribution in [1.29, 1.82) is 0 Å². The molecule has 2 amide bonds. The summed E-state index contributed by atoms with van der Waals surface area (Å²) in [6.45, 7) is 2.18. The van der Waals surface area contributed by atoms with Crippen LogP contribution in [0.4, 0.5) is 10.5 Å². The summed E-state index contributed by atoms with van der Waals surface area (Å²) in [5, 5.41) is 2.86. The highest BCUT2D eigenvalue weighted by Crippen LogP contribution is 2.28. The molecule has 0 bridgehead atoms. The average Bonchev–Trinajstić information content (AvgIpc) is 2.49. The fourth-order valence-corrected chi connectivity index (χ4v) is 2.69. The number of hydrogen-bond acceptors (Lipinski definition) is 3. The maximum Gasteiger partial charge on any atom is 0.286 e. The number of nitrogens with one attached hydrogen (secondary N) is 1. The molecule has 0 saturated heterocycles. The SMILES string of the molecule is CCCCCCCC(=O)Nc1ccccc1SC(=O)N(C)C. The zero-order chi connectivity index (χ0) is 16.4. The van der Waals surface area contributed by atoms with Gasteiger partial charge in [-0.3, -0.25) is 9.59 Å². The lowest BCUT2D eigenvalue weighted by Crippen LogP contribution is -2.17. The molecule has 1 aromatic rings. The Morgan fingerprint density at radius 2 is 1.77 bits per heavy atom. The monoisotopic (exact) mass is 322 g/mol. The Bertz CT molecular complexity index is 489. The predicted molar refractivity (Wildman–Crippen MR) is 93.4 cm³/mol. The van der Waals surface area contributed by atoms with E-state index in [4.69, 9.17) is 0 Å². The summed E-state index contributed by atoms with van der Waals surface area (Å²) >= 11 is 1.13. The van der Waals surface area contributed by atoms with Gasteiger partial charge in [-0.05, 0) is 30.3 Å². The van der Waals surface area contributed by atoms with Gasteiger partial charge in [-0.2, -0.15) is 0 Å². The van der Waals surface area contributed by atoms with Crippen molar-refractivity contribution in [2.45, 2.75) is 50.3 Å². The van der Waals surface area contributed by atoms with Crippen molar-refractivity contribution in [2.75, 3.05) is 19.4 Å². The van der Waals surface area contributed by atoms with Crippen molar-refractivity contribution in [3.05, 3.63) is 24.3 Å². The molecule has 0 aromatic heterocycles. The van der Waals surface area contributed by atoms with E-state index < -0.39 is 0 Å². The number of para-hydroxylation sites is 1. The third-order valence-electron chi connectivity index (χ3n) is 3.23. The minimum absolute atomic E-state index is 0.0156. The minimum Gasteiger partial charge on any atom is -0.339 e. The Balaban J connectivity index is 2.51. The highest BCUT2D eigenvalue weighted by molar-refractivity contribution is 8.13. The van der Waals surface area contributed by atoms with E-state index in [2.05, 4.69) is 12.2 Å². The van der Waals surface area contributed by atoms with E-state index in [9.17, 15) is 9.59 Å². The highest BCUT2D eigenvalue weighted by atomic mass is 32.2. The smallest absolute Gasteiger partial charge is 0.286 e. The van der Waals surface area contributed by atoms with Gasteiger partial charge >= 0.3 is 0 Å². The van der Waals surface area contributed by atoms with Gasteiger partial charge in [0.25, 0.3) is 5.24 Å². The minimum atomic E-state index is -0.0544. The molecular weight excluding hydrogens is 296 g/mol. The van der Waals surface area contributed by atoms with Gasteiger partial charge in [0.1, 0.15) is 0 Å². The summed E-state index contributed by atoms with van der Waals surface area (Å²) in [6, 6.07) is 7.41. The lowest BCUT2D eigenvalue weighted by Gasteiger charge is -2.13. The number of carbonyl (C=O) groups is 2. The van der Waals surface area contributed by atoms with Crippen LogP contribution in [0.1, 0.15) is 45.4 Å². The van der Waals surface area contributed by atoms with Crippen molar-refractivity contribution < 1.29 is 9.59 Å². The number of anilines is 1. The van der Waals surface area contributed by atoms with Crippen LogP contribution in [-0.4, -0.2) is 30.1 Å². The summed E-state index contributed by atoms with van der Waals surface area (Å²) in [5.41, 5.74) is 0.709. The zero-order valence-corrected chi connectivity index (χ0v) is 14.5. The van der Waals surface area contributed by atoms with Gasteiger partial charge in [-0.15, -0.1) is 0 Å². The van der Waals surface area contributed by atoms with Gasteiger partial charge in [0.15, 0.2) is 0 Å². The number of unbranched alkanes of at least 4 members (excludes halogenated alkanes) is 4. The molecule has 0 atom stereocenters. The number of benzene rings is 1. The first kappa shape index (κ1) is 18.6. The Morgan fingerprint density at radius 3 is 2.45 bits per heavy atom. The lowest BCUT2D eigenvalue weighted by molar-refractivity contribution is -0.116. The van der Waals surface area contributed by atoms with E-state index in [1.807, 2.05) is 24.3 Å². The Morgan fingerprint density at radius 1 is 1.09 bits per heavy atom. The molecule has 122 valence electrons. The number of nitrogens with zero attached hydrogens (tertiary/aromatic N) is 1. The molecule has 0 aliphatic rings. The first-order chi connectivity index (χ1) is 10.5. The maximum atomic E-state index is 12.0. The Hall–Kier alpha value is -1.49. The molecule has 0 aliphatic carbocycles. The lowest BCUT2D eigenvalue weighted by atomic mass is 10.1. The van der Waals surface area contributed by atoms with Crippen LogP contribution in [0.3, 0.4) is 0 Å². The quantitative estimate of drug-likeness (QED) is 0.554. The third kappa shape index (κ3) is 6.98. The number of rotatable bonds is 8. The average molecular weight is 322 g/mol. The maximum absolute atomic E-state index is 12.0. The first-order valence-electron chi connectivity index (χ1n) is 7.82. The predicted octanol–water partition coefficient (Wildman–Crippen LogP) is 4.76. The molecule has 0 unspecified atom stereocenters. The van der Waals surface area contributed by atoms with Crippen molar-refractivity contribution in [1.82, 2.24) is 4.90 Å². The van der Waals surface area contributed by atoms with Crippen LogP contribution in [0.25, 0.3) is 0 Å². The standard InChI is InChI=1S/C17H26N2O2S/c1-4-5-6-7-8-13-16(20)18-14-11-9-10-12-15(14)22-17(21)19(2)3/h9-12H,4-8,13H2,1-3H3,(H,18,20). The van der Waals surface area contributed by atoms with Gasteiger partial charge in [-0.1, -0.05) is 44.7 Å². The van der Waals surface area contributed by atoms with Gasteiger partial charge in [0.2, 0.25) is 5.91 Å². The van der Waals surface area contributed by atoms with Crippen LogP contribution in [0.2, 0.25) is 0 Å². The zero-order valence-electron chi connectivity index (χ0n) is 13.7. The fraction of sp³-hybridized carbons (Fsp3) is 0.529. The van der Waals surface area contributed by atoms with Crippen molar-refractivity contribution >= 4 is 28.6 Å². The molecule has 1 N–H and O–H groups in total. The molecule has 1 aromatic carbocycles. The molecule has 0 saturated carbocycles. The van der Waals surface area contributed by atoms with Crippen LogP contribution in [0, 0.1) is 0 Å². The van der Waals surface area contributed by atoms with Crippen molar-refractivity contribution in [3.8, 4) is 0 Å². The molecule has 0 radical (unpaired) electrons. The van der Waals surface area contributed by atoms with Gasteiger partial charge in [-0.25, -0.2) is 0 Å². The van der Waals surface area contributed by atoms with Gasteiger partial charge in [0.05, 0.1) is 5.69 Å². The summed E-state index contributed by atoms with van der Waals surface area (Å²) in [6.07, 6.45) is 6.16. The molecule has 1 rings (SSSR count). The van der Waals surface area contributed by atoms with Crippen LogP contribution < -0.4 is 5.32 Å². The summed E-state index contributed by atoms with van der Waals surface area (Å²) in [5.74, 6) is 0.0156. The highest BCUT2D eigenvalue weighted by Gasteiger charge is 2.12. The number of thioether (sulfide) groups is 1. The summed E-state index contributed by atoms with van der Waals surface area (Å²) in [7, 11) is 3.43. The van der Waals surface area contributed by atoms with E-state index in [1.165, 1.54) is 24.2 Å². The second kappa shape index (κ2) is 10.3. The van der Waals surface area contributed by atoms with E-state index in [-0.39, 0.29) is 11.1 Å². The largest absolute Gasteiger partial charge is 0.339 e. The number of amides is 2. The second-order valence-electron chi connectivity index (χ2n) is 5.47.